The van der Waals surface area contributed by atoms with E-state index in [1.807, 2.05) is 30.3 Å². The van der Waals surface area contributed by atoms with Crippen molar-refractivity contribution in [2.24, 2.45) is 0 Å². The Balaban J connectivity index is 2.10. The molecule has 0 saturated carbocycles. The van der Waals surface area contributed by atoms with Crippen LogP contribution in [0, 0.1) is 10.1 Å². The Morgan fingerprint density at radius 2 is 1.85 bits per heavy atom. The second kappa shape index (κ2) is 6.30. The molecule has 2 aromatic carbocycles. The Hall–Kier alpha value is -2.20. The third-order valence-electron chi connectivity index (χ3n) is 2.95. The summed E-state index contributed by atoms with van der Waals surface area (Å²) >= 11 is 5.72. The van der Waals surface area contributed by atoms with Gasteiger partial charge in [0.05, 0.1) is 4.92 Å². The summed E-state index contributed by atoms with van der Waals surface area (Å²) in [6.07, 6.45) is 0.916. The first kappa shape index (κ1) is 14.2. The van der Waals surface area contributed by atoms with Gasteiger partial charge in [-0.05, 0) is 24.1 Å². The van der Waals surface area contributed by atoms with Crippen LogP contribution in [-0.4, -0.2) is 10.7 Å². The van der Waals surface area contributed by atoms with Gasteiger partial charge < -0.3 is 0 Å². The number of carbonyl (C=O) groups excluding carboxylic acids is 1. The molecule has 0 amide bonds. The fourth-order valence-electron chi connectivity index (χ4n) is 1.87. The number of nitro groups is 1. The second-order valence-electron chi connectivity index (χ2n) is 4.33. The molecule has 4 nitrogen and oxygen atoms in total. The molecule has 20 heavy (non-hydrogen) atoms. The molecule has 2 aromatic rings. The predicted octanol–water partition coefficient (Wildman–Crippen LogP) is 4.06. The molecule has 0 atom stereocenters. The summed E-state index contributed by atoms with van der Waals surface area (Å²) < 4.78 is 0. The number of benzene rings is 2. The van der Waals surface area contributed by atoms with Crippen LogP contribution in [0.3, 0.4) is 0 Å². The van der Waals surface area contributed by atoms with Crippen LogP contribution in [0.25, 0.3) is 0 Å². The normalized spacial score (nSPS) is 10.2. The minimum atomic E-state index is -0.587. The van der Waals surface area contributed by atoms with E-state index in [9.17, 15) is 14.9 Å². The number of hydrogen-bond donors (Lipinski definition) is 0. The van der Waals surface area contributed by atoms with E-state index in [1.54, 1.807) is 0 Å². The zero-order valence-corrected chi connectivity index (χ0v) is 11.3. The number of ketones is 1. The van der Waals surface area contributed by atoms with Gasteiger partial charge in [0.2, 0.25) is 0 Å². The smallest absolute Gasteiger partial charge is 0.288 e. The molecule has 0 unspecified atom stereocenters. The highest BCUT2D eigenvalue weighted by Crippen LogP contribution is 2.25. The van der Waals surface area contributed by atoms with Crippen LogP contribution < -0.4 is 0 Å². The summed E-state index contributed by atoms with van der Waals surface area (Å²) in [4.78, 5) is 22.2. The van der Waals surface area contributed by atoms with Gasteiger partial charge in [0.25, 0.3) is 5.69 Å². The van der Waals surface area contributed by atoms with Crippen molar-refractivity contribution in [3.05, 3.63) is 74.8 Å². The molecule has 0 aromatic heterocycles. The van der Waals surface area contributed by atoms with Crippen molar-refractivity contribution in [2.45, 2.75) is 12.8 Å². The first-order valence-corrected chi connectivity index (χ1v) is 6.47. The van der Waals surface area contributed by atoms with E-state index in [-0.39, 0.29) is 16.5 Å². The Labute approximate surface area is 121 Å². The van der Waals surface area contributed by atoms with Crippen molar-refractivity contribution < 1.29 is 9.72 Å². The summed E-state index contributed by atoms with van der Waals surface area (Å²) in [6, 6.07) is 13.7. The van der Waals surface area contributed by atoms with Crippen molar-refractivity contribution >= 4 is 23.1 Å². The van der Waals surface area contributed by atoms with Crippen molar-refractivity contribution in [1.82, 2.24) is 0 Å². The molecule has 0 fully saturated rings. The van der Waals surface area contributed by atoms with Gasteiger partial charge in [0, 0.05) is 18.1 Å². The number of halogens is 1. The number of nitro benzene ring substituents is 1. The van der Waals surface area contributed by atoms with E-state index in [4.69, 9.17) is 11.6 Å². The molecule has 0 aliphatic carbocycles. The summed E-state index contributed by atoms with van der Waals surface area (Å²) in [5.74, 6) is -0.131. The lowest BCUT2D eigenvalue weighted by Gasteiger charge is -2.03. The molecular weight excluding hydrogens is 278 g/mol. The number of nitrogens with zero attached hydrogens (tertiary/aromatic N) is 1. The van der Waals surface area contributed by atoms with Crippen molar-refractivity contribution in [3.8, 4) is 0 Å². The van der Waals surface area contributed by atoms with Crippen LogP contribution in [0.15, 0.2) is 48.5 Å². The van der Waals surface area contributed by atoms with Crippen LogP contribution in [0.4, 0.5) is 5.69 Å². The number of aryl methyl sites for hydroxylation is 1. The van der Waals surface area contributed by atoms with Crippen LogP contribution >= 0.6 is 11.6 Å². The molecular formula is C15H12ClNO3. The summed E-state index contributed by atoms with van der Waals surface area (Å²) in [6.45, 7) is 0. The van der Waals surface area contributed by atoms with Gasteiger partial charge in [0.1, 0.15) is 5.02 Å². The third-order valence-corrected chi connectivity index (χ3v) is 3.27. The molecule has 2 rings (SSSR count). The zero-order chi connectivity index (χ0) is 14.5. The van der Waals surface area contributed by atoms with E-state index >= 15 is 0 Å². The fourth-order valence-corrected chi connectivity index (χ4v) is 2.06. The minimum absolute atomic E-state index is 0.0367. The first-order valence-electron chi connectivity index (χ1n) is 6.09. The lowest BCUT2D eigenvalue weighted by molar-refractivity contribution is -0.384. The molecule has 5 heteroatoms. The first-order chi connectivity index (χ1) is 9.58. The average Bonchev–Trinajstić information content (AvgIpc) is 2.46. The molecule has 0 aliphatic rings. The highest BCUT2D eigenvalue weighted by Gasteiger charge is 2.16. The average molecular weight is 290 g/mol. The lowest BCUT2D eigenvalue weighted by atomic mass is 10.0. The fraction of sp³-hybridized carbons (Fsp3) is 0.133. The predicted molar refractivity (Wildman–Crippen MR) is 77.2 cm³/mol. The van der Waals surface area contributed by atoms with Gasteiger partial charge in [0.15, 0.2) is 5.78 Å². The maximum absolute atomic E-state index is 12.0. The SMILES string of the molecule is O=C(CCc1ccccc1)c1ccc(Cl)c([N+](=O)[O-])c1. The number of rotatable bonds is 5. The van der Waals surface area contributed by atoms with E-state index in [0.29, 0.717) is 18.4 Å². The van der Waals surface area contributed by atoms with Crippen LogP contribution in [-0.2, 0) is 6.42 Å². The third kappa shape index (κ3) is 3.42. The number of carbonyl (C=O) groups is 1. The Kier molecular flexibility index (Phi) is 4.48. The van der Waals surface area contributed by atoms with Gasteiger partial charge in [-0.1, -0.05) is 41.9 Å². The lowest BCUT2D eigenvalue weighted by Crippen LogP contribution is -2.02. The van der Waals surface area contributed by atoms with Crippen molar-refractivity contribution in [2.75, 3.05) is 0 Å². The standard InChI is InChI=1S/C15H12ClNO3/c16-13-8-7-12(10-14(13)17(19)20)15(18)9-6-11-4-2-1-3-5-11/h1-5,7-8,10H,6,9H2. The summed E-state index contributed by atoms with van der Waals surface area (Å²) in [7, 11) is 0. The monoisotopic (exact) mass is 289 g/mol. The molecule has 0 saturated heterocycles. The molecule has 0 spiro atoms. The van der Waals surface area contributed by atoms with Gasteiger partial charge in [-0.25, -0.2) is 0 Å². The van der Waals surface area contributed by atoms with Gasteiger partial charge in [-0.15, -0.1) is 0 Å². The minimum Gasteiger partial charge on any atom is -0.294 e. The van der Waals surface area contributed by atoms with Crippen molar-refractivity contribution in [3.63, 3.8) is 0 Å². The van der Waals surface area contributed by atoms with Gasteiger partial charge in [-0.2, -0.15) is 0 Å². The van der Waals surface area contributed by atoms with E-state index < -0.39 is 4.92 Å². The van der Waals surface area contributed by atoms with E-state index in [2.05, 4.69) is 0 Å². The molecule has 0 radical (unpaired) electrons. The van der Waals surface area contributed by atoms with E-state index in [0.717, 1.165) is 5.56 Å². The number of hydrogen-bond acceptors (Lipinski definition) is 3. The zero-order valence-electron chi connectivity index (χ0n) is 10.6. The van der Waals surface area contributed by atoms with Crippen LogP contribution in [0.1, 0.15) is 22.3 Å². The Morgan fingerprint density at radius 3 is 2.50 bits per heavy atom. The number of Topliss-reactive ketones (excluding diaryl/α,β-unsaturated/α-hetero) is 1. The molecule has 0 bridgehead atoms. The largest absolute Gasteiger partial charge is 0.294 e. The Bertz CT molecular complexity index is 641. The maximum atomic E-state index is 12.0. The van der Waals surface area contributed by atoms with Crippen LogP contribution in [0.2, 0.25) is 5.02 Å². The highest BCUT2D eigenvalue weighted by atomic mass is 35.5. The quantitative estimate of drug-likeness (QED) is 0.474. The molecule has 0 aliphatic heterocycles. The Morgan fingerprint density at radius 1 is 1.15 bits per heavy atom. The molecule has 102 valence electrons. The molecule has 0 N–H and O–H groups in total. The van der Waals surface area contributed by atoms with Crippen LogP contribution in [0.5, 0.6) is 0 Å². The maximum Gasteiger partial charge on any atom is 0.288 e. The highest BCUT2D eigenvalue weighted by molar-refractivity contribution is 6.32. The van der Waals surface area contributed by atoms with E-state index in [1.165, 1.54) is 18.2 Å². The van der Waals surface area contributed by atoms with Crippen molar-refractivity contribution in [1.29, 1.82) is 0 Å². The topological polar surface area (TPSA) is 60.2 Å². The van der Waals surface area contributed by atoms with Gasteiger partial charge >= 0.3 is 0 Å². The summed E-state index contributed by atoms with van der Waals surface area (Å²) in [5.41, 5.74) is 1.14. The molecule has 0 heterocycles. The van der Waals surface area contributed by atoms with Gasteiger partial charge in [-0.3, -0.25) is 14.9 Å². The summed E-state index contributed by atoms with van der Waals surface area (Å²) in [5, 5.41) is 10.8. The second-order valence-corrected chi connectivity index (χ2v) is 4.74.